The summed E-state index contributed by atoms with van der Waals surface area (Å²) in [5, 5.41) is 5.68. The second-order valence-corrected chi connectivity index (χ2v) is 12.5. The van der Waals surface area contributed by atoms with E-state index in [0.717, 1.165) is 44.1 Å². The number of nitrogens with zero attached hydrogens (tertiary/aromatic N) is 1. The number of para-hydroxylation sites is 1. The van der Waals surface area contributed by atoms with Crippen molar-refractivity contribution in [2.75, 3.05) is 0 Å². The number of halogens is 1. The molecule has 0 unspecified atom stereocenters. The summed E-state index contributed by atoms with van der Waals surface area (Å²) in [4.78, 5) is 5.12. The second-order valence-electron chi connectivity index (χ2n) is 12.5. The van der Waals surface area contributed by atoms with E-state index in [-0.39, 0.29) is 13.2 Å². The summed E-state index contributed by atoms with van der Waals surface area (Å²) in [7, 11) is 0. The van der Waals surface area contributed by atoms with Crippen molar-refractivity contribution in [2.45, 2.75) is 7.43 Å². The van der Waals surface area contributed by atoms with Crippen LogP contribution in [0.5, 0.6) is 0 Å². The lowest BCUT2D eigenvalue weighted by Crippen LogP contribution is -1.93. The Labute approximate surface area is 292 Å². The van der Waals surface area contributed by atoms with E-state index in [4.69, 9.17) is 4.98 Å². The molecule has 0 spiro atoms. The number of pyridine rings is 1. The Morgan fingerprint density at radius 2 is 0.760 bits per heavy atom. The molecular formula is C48H34FN. The zero-order valence-electron chi connectivity index (χ0n) is 26.6. The molecule has 0 radical (unpaired) electrons. The van der Waals surface area contributed by atoms with Crippen molar-refractivity contribution in [2.24, 2.45) is 0 Å². The van der Waals surface area contributed by atoms with E-state index in [1.807, 2.05) is 24.3 Å². The first-order valence-electron chi connectivity index (χ1n) is 16.6. The normalized spacial score (nSPS) is 11.1. The smallest absolute Gasteiger partial charge is 0.123 e. The molecule has 0 saturated heterocycles. The van der Waals surface area contributed by atoms with Gasteiger partial charge in [0, 0.05) is 21.7 Å². The quantitative estimate of drug-likeness (QED) is 0.170. The van der Waals surface area contributed by atoms with Crippen molar-refractivity contribution in [3.8, 4) is 55.8 Å². The fourth-order valence-electron chi connectivity index (χ4n) is 7.07. The molecule has 9 rings (SSSR count). The molecule has 238 valence electrons. The van der Waals surface area contributed by atoms with Gasteiger partial charge in [0.15, 0.2) is 0 Å². The first-order chi connectivity index (χ1) is 24.2. The number of hydrogen-bond donors (Lipinski definition) is 0. The van der Waals surface area contributed by atoms with Crippen LogP contribution < -0.4 is 0 Å². The van der Waals surface area contributed by atoms with Crippen molar-refractivity contribution in [1.29, 1.82) is 0 Å². The molecule has 0 N–H and O–H groups in total. The van der Waals surface area contributed by atoms with Gasteiger partial charge in [-0.15, -0.1) is 0 Å². The van der Waals surface area contributed by atoms with Gasteiger partial charge < -0.3 is 0 Å². The van der Waals surface area contributed by atoms with E-state index in [1.165, 1.54) is 56.3 Å². The third kappa shape index (κ3) is 5.51. The lowest BCUT2D eigenvalue weighted by molar-refractivity contribution is 0.628. The summed E-state index contributed by atoms with van der Waals surface area (Å²) in [5.41, 5.74) is 12.1. The highest BCUT2D eigenvalue weighted by atomic mass is 19.1. The van der Waals surface area contributed by atoms with Crippen molar-refractivity contribution in [3.05, 3.63) is 188 Å². The summed E-state index contributed by atoms with van der Waals surface area (Å²) in [5.74, 6) is -0.257. The van der Waals surface area contributed by atoms with Crippen LogP contribution in [0.25, 0.3) is 88.2 Å². The van der Waals surface area contributed by atoms with Gasteiger partial charge in [-0.05, 0) is 91.7 Å². The van der Waals surface area contributed by atoms with Gasteiger partial charge in [0.25, 0.3) is 0 Å². The summed E-state index contributed by atoms with van der Waals surface area (Å²) >= 11 is 0. The molecule has 0 aliphatic rings. The third-order valence-electron chi connectivity index (χ3n) is 9.56. The van der Waals surface area contributed by atoms with E-state index in [1.54, 1.807) is 0 Å². The van der Waals surface area contributed by atoms with E-state index < -0.39 is 0 Å². The van der Waals surface area contributed by atoms with Gasteiger partial charge in [-0.3, -0.25) is 0 Å². The van der Waals surface area contributed by atoms with Crippen LogP contribution in [0.4, 0.5) is 4.39 Å². The van der Waals surface area contributed by atoms with Crippen LogP contribution in [0.2, 0.25) is 0 Å². The molecule has 0 bridgehead atoms. The van der Waals surface area contributed by atoms with E-state index in [9.17, 15) is 4.39 Å². The minimum atomic E-state index is -0.257. The highest BCUT2D eigenvalue weighted by molar-refractivity contribution is 6.25. The van der Waals surface area contributed by atoms with E-state index in [0.29, 0.717) is 0 Å². The van der Waals surface area contributed by atoms with Crippen molar-refractivity contribution in [1.82, 2.24) is 4.98 Å². The van der Waals surface area contributed by atoms with Gasteiger partial charge in [-0.2, -0.15) is 0 Å². The molecule has 0 aliphatic carbocycles. The molecule has 9 aromatic rings. The Kier molecular flexibility index (Phi) is 7.98. The van der Waals surface area contributed by atoms with Crippen LogP contribution in [0.1, 0.15) is 7.43 Å². The first kappa shape index (κ1) is 30.9. The maximum Gasteiger partial charge on any atom is 0.123 e. The molecule has 1 nitrogen and oxygen atoms in total. The van der Waals surface area contributed by atoms with Crippen LogP contribution in [0.15, 0.2) is 182 Å². The largest absolute Gasteiger partial charge is 0.247 e. The molecule has 0 atom stereocenters. The third-order valence-corrected chi connectivity index (χ3v) is 9.56. The summed E-state index contributed by atoms with van der Waals surface area (Å²) < 4.78 is 14.0. The number of hydrogen-bond acceptors (Lipinski definition) is 1. The number of aromatic nitrogens is 1. The van der Waals surface area contributed by atoms with E-state index >= 15 is 0 Å². The average molecular weight is 644 g/mol. The van der Waals surface area contributed by atoms with Crippen LogP contribution in [-0.2, 0) is 0 Å². The van der Waals surface area contributed by atoms with Crippen molar-refractivity contribution >= 4 is 32.4 Å². The summed E-state index contributed by atoms with van der Waals surface area (Å²) in [6.07, 6.45) is 0. The maximum absolute atomic E-state index is 14.0. The van der Waals surface area contributed by atoms with Gasteiger partial charge in [0.1, 0.15) is 5.82 Å². The Balaban J connectivity index is 0.00000361. The van der Waals surface area contributed by atoms with Crippen LogP contribution in [0, 0.1) is 5.82 Å². The molecule has 1 aromatic heterocycles. The maximum atomic E-state index is 14.0. The van der Waals surface area contributed by atoms with Gasteiger partial charge >= 0.3 is 0 Å². The lowest BCUT2D eigenvalue weighted by Gasteiger charge is -2.16. The first-order valence-corrected chi connectivity index (χ1v) is 16.6. The highest BCUT2D eigenvalue weighted by Crippen LogP contribution is 2.42. The molecule has 0 saturated carbocycles. The SMILES string of the molecule is C.Fc1ccc(-c2nc3ccccc3c3c2cc(-c2ccc(-c4ccc(-c5ccc(-c6ccccc6)cc5)cc4)cc2)c2ccccc23)cc1. The molecule has 8 aromatic carbocycles. The fourth-order valence-corrected chi connectivity index (χ4v) is 7.07. The van der Waals surface area contributed by atoms with Gasteiger partial charge in [0.05, 0.1) is 11.2 Å². The Bertz CT molecular complexity index is 2610. The van der Waals surface area contributed by atoms with Gasteiger partial charge in [-0.1, -0.05) is 153 Å². The van der Waals surface area contributed by atoms with Gasteiger partial charge in [-0.25, -0.2) is 9.37 Å². The molecule has 0 aliphatic heterocycles. The fraction of sp³-hybridized carbons (Fsp3) is 0.0208. The average Bonchev–Trinajstić information content (AvgIpc) is 3.18. The molecule has 0 amide bonds. The number of fused-ring (bicyclic) bond motifs is 5. The van der Waals surface area contributed by atoms with Crippen LogP contribution in [0.3, 0.4) is 0 Å². The minimum absolute atomic E-state index is 0. The zero-order valence-corrected chi connectivity index (χ0v) is 26.6. The van der Waals surface area contributed by atoms with Gasteiger partial charge in [0.2, 0.25) is 0 Å². The second kappa shape index (κ2) is 12.9. The predicted molar refractivity (Wildman–Crippen MR) is 211 cm³/mol. The highest BCUT2D eigenvalue weighted by Gasteiger charge is 2.17. The Morgan fingerprint density at radius 3 is 1.32 bits per heavy atom. The van der Waals surface area contributed by atoms with Crippen molar-refractivity contribution in [3.63, 3.8) is 0 Å². The summed E-state index contributed by atoms with van der Waals surface area (Å²) in [6, 6.07) is 62.7. The molecule has 50 heavy (non-hydrogen) atoms. The Morgan fingerprint density at radius 1 is 0.340 bits per heavy atom. The standard InChI is InChI=1S/C47H30FN.CH4/c48-39-28-26-38(27-29-39)47-44-30-43(40-10-4-5-11-41(40)46(44)42-12-6-7-13-45(42)49-47)37-24-22-36(23-25-37)35-20-18-34(19-21-35)33-16-14-32(15-17-33)31-8-2-1-3-9-31;/h1-30H;1H4. The lowest BCUT2D eigenvalue weighted by atomic mass is 9.89. The van der Waals surface area contributed by atoms with Crippen LogP contribution >= 0.6 is 0 Å². The van der Waals surface area contributed by atoms with E-state index in [2.05, 4.69) is 146 Å². The number of benzene rings is 8. The Hall–Kier alpha value is -6.38. The minimum Gasteiger partial charge on any atom is -0.247 e. The number of rotatable bonds is 5. The molecule has 2 heteroatoms. The monoisotopic (exact) mass is 643 g/mol. The van der Waals surface area contributed by atoms with Crippen molar-refractivity contribution < 1.29 is 4.39 Å². The predicted octanol–water partition coefficient (Wildman–Crippen LogP) is 13.7. The molecule has 1 heterocycles. The summed E-state index contributed by atoms with van der Waals surface area (Å²) in [6.45, 7) is 0. The topological polar surface area (TPSA) is 12.9 Å². The zero-order chi connectivity index (χ0) is 32.7. The molecular weight excluding hydrogens is 610 g/mol. The van der Waals surface area contributed by atoms with Crippen LogP contribution in [-0.4, -0.2) is 4.98 Å². The molecule has 0 fully saturated rings.